The number of ether oxygens (including phenoxy) is 1. The van der Waals surface area contributed by atoms with E-state index < -0.39 is 5.54 Å². The molecule has 0 atom stereocenters. The molecule has 5 nitrogen and oxygen atoms in total. The van der Waals surface area contributed by atoms with Crippen molar-refractivity contribution in [1.29, 1.82) is 0 Å². The van der Waals surface area contributed by atoms with Gasteiger partial charge in [0.15, 0.2) is 0 Å². The first-order valence-corrected chi connectivity index (χ1v) is 5.46. The zero-order valence-electron chi connectivity index (χ0n) is 8.74. The van der Waals surface area contributed by atoms with Crippen LogP contribution in [0.25, 0.3) is 0 Å². The second-order valence-electron chi connectivity index (χ2n) is 4.56. The van der Waals surface area contributed by atoms with Crippen LogP contribution in [0.15, 0.2) is 0 Å². The number of amides is 1. The molecule has 1 aliphatic heterocycles. The number of rotatable bonds is 2. The number of carbonyl (C=O) groups excluding carboxylic acids is 1. The predicted molar refractivity (Wildman–Crippen MR) is 54.1 cm³/mol. The van der Waals surface area contributed by atoms with Gasteiger partial charge in [0.05, 0.1) is 11.6 Å². The lowest BCUT2D eigenvalue weighted by molar-refractivity contribution is -0.131. The topological polar surface area (TPSA) is 84.6 Å². The lowest BCUT2D eigenvalue weighted by Crippen LogP contribution is -2.60. The summed E-state index contributed by atoms with van der Waals surface area (Å²) in [6, 6.07) is 0.107. The largest absolute Gasteiger partial charge is 0.393 e. The number of hydrogen-bond acceptors (Lipinski definition) is 4. The van der Waals surface area contributed by atoms with Gasteiger partial charge in [-0.15, -0.1) is 0 Å². The Balaban J connectivity index is 1.83. The van der Waals surface area contributed by atoms with Crippen LogP contribution in [0.1, 0.15) is 25.7 Å². The Kier molecular flexibility index (Phi) is 2.95. The molecule has 86 valence electrons. The monoisotopic (exact) mass is 214 g/mol. The standard InChI is InChI=1S/C10H18N2O3/c11-10(1-3-15-4-2-10)9(14)12-7-5-8(13)6-7/h7-8,13H,1-6,11H2,(H,12,14). The summed E-state index contributed by atoms with van der Waals surface area (Å²) in [7, 11) is 0. The summed E-state index contributed by atoms with van der Waals surface area (Å²) in [5.41, 5.74) is 5.24. The van der Waals surface area contributed by atoms with Crippen LogP contribution in [0.4, 0.5) is 0 Å². The maximum Gasteiger partial charge on any atom is 0.240 e. The molecule has 15 heavy (non-hydrogen) atoms. The van der Waals surface area contributed by atoms with Crippen molar-refractivity contribution in [3.8, 4) is 0 Å². The quantitative estimate of drug-likeness (QED) is 0.558. The maximum atomic E-state index is 11.9. The van der Waals surface area contributed by atoms with E-state index in [-0.39, 0.29) is 18.1 Å². The second kappa shape index (κ2) is 4.08. The fourth-order valence-corrected chi connectivity index (χ4v) is 2.00. The molecule has 5 heteroatoms. The van der Waals surface area contributed by atoms with Crippen LogP contribution in [-0.2, 0) is 9.53 Å². The zero-order chi connectivity index (χ0) is 10.9. The minimum atomic E-state index is -0.765. The predicted octanol–water partition coefficient (Wildman–Crippen LogP) is -0.866. The minimum absolute atomic E-state index is 0.0947. The van der Waals surface area contributed by atoms with Crippen molar-refractivity contribution in [1.82, 2.24) is 5.32 Å². The molecule has 0 unspecified atom stereocenters. The molecular formula is C10H18N2O3. The highest BCUT2D eigenvalue weighted by Crippen LogP contribution is 2.22. The fraction of sp³-hybridized carbons (Fsp3) is 0.900. The lowest BCUT2D eigenvalue weighted by atomic mass is 9.86. The Morgan fingerprint density at radius 2 is 2.00 bits per heavy atom. The van der Waals surface area contributed by atoms with Crippen LogP contribution >= 0.6 is 0 Å². The molecule has 2 aliphatic rings. The van der Waals surface area contributed by atoms with Crippen LogP contribution in [-0.4, -0.2) is 41.9 Å². The lowest BCUT2D eigenvalue weighted by Gasteiger charge is -2.37. The maximum absolute atomic E-state index is 11.9. The van der Waals surface area contributed by atoms with Crippen LogP contribution in [0.5, 0.6) is 0 Å². The van der Waals surface area contributed by atoms with E-state index in [9.17, 15) is 4.79 Å². The fourth-order valence-electron chi connectivity index (χ4n) is 2.00. The van der Waals surface area contributed by atoms with Gasteiger partial charge < -0.3 is 20.9 Å². The van der Waals surface area contributed by atoms with Gasteiger partial charge in [0.2, 0.25) is 5.91 Å². The Morgan fingerprint density at radius 3 is 2.53 bits per heavy atom. The molecule has 1 saturated carbocycles. The van der Waals surface area contributed by atoms with Crippen LogP contribution in [0.2, 0.25) is 0 Å². The van der Waals surface area contributed by atoms with Crippen molar-refractivity contribution in [2.24, 2.45) is 5.73 Å². The molecule has 2 rings (SSSR count). The van der Waals surface area contributed by atoms with Crippen LogP contribution in [0, 0.1) is 0 Å². The van der Waals surface area contributed by atoms with Crippen molar-refractivity contribution in [3.63, 3.8) is 0 Å². The van der Waals surface area contributed by atoms with E-state index in [0.29, 0.717) is 38.9 Å². The van der Waals surface area contributed by atoms with Gasteiger partial charge in [-0.3, -0.25) is 4.79 Å². The van der Waals surface area contributed by atoms with Crippen molar-refractivity contribution < 1.29 is 14.6 Å². The average Bonchev–Trinajstić information content (AvgIpc) is 2.16. The van der Waals surface area contributed by atoms with Gasteiger partial charge >= 0.3 is 0 Å². The second-order valence-corrected chi connectivity index (χ2v) is 4.56. The van der Waals surface area contributed by atoms with Crippen molar-refractivity contribution >= 4 is 5.91 Å². The number of aliphatic hydroxyl groups excluding tert-OH is 1. The van der Waals surface area contributed by atoms with Crippen molar-refractivity contribution in [2.75, 3.05) is 13.2 Å². The van der Waals surface area contributed by atoms with Gasteiger partial charge in [0, 0.05) is 19.3 Å². The summed E-state index contributed by atoms with van der Waals surface area (Å²) in [5.74, 6) is -0.0947. The zero-order valence-corrected chi connectivity index (χ0v) is 8.74. The molecule has 0 bridgehead atoms. The molecule has 1 saturated heterocycles. The SMILES string of the molecule is NC1(C(=O)NC2CC(O)C2)CCOCC1. The van der Waals surface area contributed by atoms with Gasteiger partial charge in [-0.05, 0) is 25.7 Å². The molecule has 1 aliphatic carbocycles. The summed E-state index contributed by atoms with van der Waals surface area (Å²) >= 11 is 0. The molecule has 0 spiro atoms. The van der Waals surface area contributed by atoms with Crippen molar-refractivity contribution in [2.45, 2.75) is 43.4 Å². The summed E-state index contributed by atoms with van der Waals surface area (Å²) in [6.45, 7) is 1.11. The van der Waals surface area contributed by atoms with E-state index in [0.717, 1.165) is 0 Å². The first-order valence-electron chi connectivity index (χ1n) is 5.46. The van der Waals surface area contributed by atoms with Crippen molar-refractivity contribution in [3.05, 3.63) is 0 Å². The highest BCUT2D eigenvalue weighted by molar-refractivity contribution is 5.86. The van der Waals surface area contributed by atoms with E-state index in [4.69, 9.17) is 15.6 Å². The minimum Gasteiger partial charge on any atom is -0.393 e. The Morgan fingerprint density at radius 1 is 1.40 bits per heavy atom. The molecular weight excluding hydrogens is 196 g/mol. The molecule has 0 aromatic rings. The molecule has 1 heterocycles. The summed E-state index contributed by atoms with van der Waals surface area (Å²) in [4.78, 5) is 11.9. The molecule has 4 N–H and O–H groups in total. The van der Waals surface area contributed by atoms with E-state index in [1.165, 1.54) is 0 Å². The van der Waals surface area contributed by atoms with Gasteiger partial charge in [-0.2, -0.15) is 0 Å². The summed E-state index contributed by atoms with van der Waals surface area (Å²) < 4.78 is 5.18. The highest BCUT2D eigenvalue weighted by atomic mass is 16.5. The summed E-state index contributed by atoms with van der Waals surface area (Å²) in [6.07, 6.45) is 2.21. The average molecular weight is 214 g/mol. The summed E-state index contributed by atoms with van der Waals surface area (Å²) in [5, 5.41) is 12.0. The van der Waals surface area contributed by atoms with Gasteiger partial charge in [-0.1, -0.05) is 0 Å². The van der Waals surface area contributed by atoms with Gasteiger partial charge in [0.1, 0.15) is 0 Å². The van der Waals surface area contributed by atoms with Crippen LogP contribution in [0.3, 0.4) is 0 Å². The third kappa shape index (κ3) is 2.30. The van der Waals surface area contributed by atoms with E-state index in [2.05, 4.69) is 5.32 Å². The smallest absolute Gasteiger partial charge is 0.240 e. The first-order chi connectivity index (χ1) is 7.10. The normalized spacial score (nSPS) is 34.3. The Labute approximate surface area is 89.0 Å². The van der Waals surface area contributed by atoms with E-state index in [1.54, 1.807) is 0 Å². The number of nitrogens with two attached hydrogens (primary N) is 1. The van der Waals surface area contributed by atoms with Gasteiger partial charge in [-0.25, -0.2) is 0 Å². The number of aliphatic hydroxyl groups is 1. The molecule has 1 amide bonds. The third-order valence-corrected chi connectivity index (χ3v) is 3.29. The van der Waals surface area contributed by atoms with E-state index in [1.807, 2.05) is 0 Å². The molecule has 2 fully saturated rings. The van der Waals surface area contributed by atoms with Gasteiger partial charge in [0.25, 0.3) is 0 Å². The molecule has 0 aromatic heterocycles. The number of nitrogens with one attached hydrogen (secondary N) is 1. The number of hydrogen-bond donors (Lipinski definition) is 3. The Bertz CT molecular complexity index is 245. The Hall–Kier alpha value is -0.650. The molecule has 0 aromatic carbocycles. The highest BCUT2D eigenvalue weighted by Gasteiger charge is 2.38. The third-order valence-electron chi connectivity index (χ3n) is 3.29. The van der Waals surface area contributed by atoms with Crippen LogP contribution < -0.4 is 11.1 Å². The first kappa shape index (κ1) is 10.9. The number of carbonyl (C=O) groups is 1. The molecule has 0 radical (unpaired) electrons. The van der Waals surface area contributed by atoms with E-state index >= 15 is 0 Å².